The van der Waals surface area contributed by atoms with E-state index in [1.165, 1.54) is 0 Å². The number of amides is 1. The highest BCUT2D eigenvalue weighted by Crippen LogP contribution is 2.53. The number of carbonyl (C=O) groups is 2. The van der Waals surface area contributed by atoms with Crippen molar-refractivity contribution in [3.05, 3.63) is 42.0 Å². The van der Waals surface area contributed by atoms with Gasteiger partial charge in [-0.2, -0.15) is 0 Å². The summed E-state index contributed by atoms with van der Waals surface area (Å²) in [4.78, 5) is 27.6. The van der Waals surface area contributed by atoms with Crippen molar-refractivity contribution >= 4 is 17.6 Å². The molecule has 132 valence electrons. The first-order valence-corrected chi connectivity index (χ1v) is 9.04. The molecule has 2 fully saturated rings. The van der Waals surface area contributed by atoms with Gasteiger partial charge in [0.15, 0.2) is 0 Å². The van der Waals surface area contributed by atoms with Gasteiger partial charge in [-0.05, 0) is 24.5 Å². The van der Waals surface area contributed by atoms with Crippen LogP contribution in [-0.4, -0.2) is 36.7 Å². The Labute approximate surface area is 147 Å². The summed E-state index contributed by atoms with van der Waals surface area (Å²) in [6, 6.07) is 7.92. The van der Waals surface area contributed by atoms with Crippen LogP contribution in [0, 0.1) is 11.8 Å². The molecule has 0 unspecified atom stereocenters. The number of fused-ring (bicyclic) bond motifs is 1. The van der Waals surface area contributed by atoms with Crippen molar-refractivity contribution < 1.29 is 19.1 Å². The van der Waals surface area contributed by atoms with Gasteiger partial charge < -0.3 is 14.4 Å². The van der Waals surface area contributed by atoms with E-state index in [2.05, 4.69) is 6.92 Å². The molecule has 5 heteroatoms. The van der Waals surface area contributed by atoms with Gasteiger partial charge in [0, 0.05) is 5.69 Å². The highest BCUT2D eigenvalue weighted by Gasteiger charge is 2.67. The van der Waals surface area contributed by atoms with Gasteiger partial charge in [-0.3, -0.25) is 9.59 Å². The molecular formula is C20H23NO4. The molecule has 1 spiro atoms. The van der Waals surface area contributed by atoms with Crippen LogP contribution in [0.3, 0.4) is 0 Å². The minimum atomic E-state index is -0.696. The van der Waals surface area contributed by atoms with Crippen molar-refractivity contribution in [1.29, 1.82) is 0 Å². The molecule has 0 aromatic heterocycles. The molecule has 0 radical (unpaired) electrons. The van der Waals surface area contributed by atoms with Gasteiger partial charge in [0.05, 0.1) is 25.2 Å². The molecule has 2 saturated heterocycles. The van der Waals surface area contributed by atoms with E-state index in [4.69, 9.17) is 9.47 Å². The number of nitrogens with zero attached hydrogens (tertiary/aromatic N) is 1. The predicted molar refractivity (Wildman–Crippen MR) is 93.1 cm³/mol. The van der Waals surface area contributed by atoms with Crippen molar-refractivity contribution in [2.45, 2.75) is 38.4 Å². The fourth-order valence-electron chi connectivity index (χ4n) is 4.34. The molecule has 4 atom stereocenters. The lowest BCUT2D eigenvalue weighted by molar-refractivity contribution is -0.152. The van der Waals surface area contributed by atoms with Gasteiger partial charge in [-0.1, -0.05) is 44.2 Å². The van der Waals surface area contributed by atoms with Crippen LogP contribution >= 0.6 is 0 Å². The molecule has 5 nitrogen and oxygen atoms in total. The van der Waals surface area contributed by atoms with Crippen LogP contribution in [0.15, 0.2) is 36.4 Å². The van der Waals surface area contributed by atoms with E-state index in [1.54, 1.807) is 4.90 Å². The van der Waals surface area contributed by atoms with Crippen LogP contribution < -0.4 is 4.90 Å². The summed E-state index contributed by atoms with van der Waals surface area (Å²) in [5, 5.41) is 0. The number of benzene rings is 1. The zero-order valence-electron chi connectivity index (χ0n) is 14.6. The molecule has 1 amide bonds. The predicted octanol–water partition coefficient (Wildman–Crippen LogP) is 2.49. The molecule has 2 bridgehead atoms. The molecule has 1 aromatic rings. The summed E-state index contributed by atoms with van der Waals surface area (Å²) in [5.41, 5.74) is 1.34. The number of aryl methyl sites for hydroxylation is 1. The lowest BCUT2D eigenvalue weighted by Gasteiger charge is -2.23. The monoisotopic (exact) mass is 341 g/mol. The molecule has 4 rings (SSSR count). The van der Waals surface area contributed by atoms with Crippen LogP contribution in [0.5, 0.6) is 0 Å². The maximum atomic E-state index is 13.2. The van der Waals surface area contributed by atoms with Gasteiger partial charge in [-0.25, -0.2) is 0 Å². The Morgan fingerprint density at radius 3 is 2.92 bits per heavy atom. The minimum absolute atomic E-state index is 0.0359. The molecular weight excluding hydrogens is 318 g/mol. The topological polar surface area (TPSA) is 55.8 Å². The van der Waals surface area contributed by atoms with Crippen LogP contribution in [0.2, 0.25) is 0 Å². The SMILES string of the molecule is CCCOC(=O)[C@H]1[C@@H]2C=C[C@]3(CN(c4ccccc4CC)C(=O)[C@H]13)O2. The second-order valence-corrected chi connectivity index (χ2v) is 6.97. The first-order valence-electron chi connectivity index (χ1n) is 9.04. The first-order chi connectivity index (χ1) is 12.1. The standard InChI is InChI=1S/C20H23NO4/c1-3-11-24-19(23)16-15-9-10-20(25-15)12-21(18(22)17(16)20)14-8-6-5-7-13(14)4-2/h5-10,15-17H,3-4,11-12H2,1-2H3/t15-,16-,17-,20+/m0/s1. The first kappa shape index (κ1) is 16.3. The Kier molecular flexibility index (Phi) is 3.91. The third kappa shape index (κ3) is 2.33. The zero-order valence-corrected chi connectivity index (χ0v) is 14.6. The van der Waals surface area contributed by atoms with Crippen LogP contribution in [-0.2, 0) is 25.5 Å². The maximum Gasteiger partial charge on any atom is 0.312 e. The Morgan fingerprint density at radius 2 is 2.16 bits per heavy atom. The summed E-state index contributed by atoms with van der Waals surface area (Å²) in [6.07, 6.45) is 5.15. The van der Waals surface area contributed by atoms with Crippen LogP contribution in [0.1, 0.15) is 25.8 Å². The third-order valence-corrected chi connectivity index (χ3v) is 5.48. The molecule has 3 heterocycles. The average molecular weight is 341 g/mol. The van der Waals surface area contributed by atoms with Crippen molar-refractivity contribution in [1.82, 2.24) is 0 Å². The Hall–Kier alpha value is -2.14. The number of anilines is 1. The summed E-state index contributed by atoms with van der Waals surface area (Å²) in [7, 11) is 0. The second kappa shape index (κ2) is 5.99. The van der Waals surface area contributed by atoms with E-state index in [0.29, 0.717) is 13.2 Å². The molecule has 1 aromatic carbocycles. The van der Waals surface area contributed by atoms with E-state index in [0.717, 1.165) is 24.1 Å². The average Bonchev–Trinajstić information content (AvgIpc) is 3.28. The fourth-order valence-corrected chi connectivity index (χ4v) is 4.34. The fraction of sp³-hybridized carbons (Fsp3) is 0.500. The van der Waals surface area contributed by atoms with Crippen molar-refractivity contribution in [3.63, 3.8) is 0 Å². The molecule has 0 saturated carbocycles. The second-order valence-electron chi connectivity index (χ2n) is 6.97. The van der Waals surface area contributed by atoms with Crippen LogP contribution in [0.25, 0.3) is 0 Å². The Balaban J connectivity index is 1.67. The van der Waals surface area contributed by atoms with E-state index in [9.17, 15) is 9.59 Å². The normalized spacial score (nSPS) is 32.3. The van der Waals surface area contributed by atoms with E-state index in [-0.39, 0.29) is 18.0 Å². The lowest BCUT2D eigenvalue weighted by atomic mass is 9.77. The molecule has 0 aliphatic carbocycles. The quantitative estimate of drug-likeness (QED) is 0.610. The zero-order chi connectivity index (χ0) is 17.6. The summed E-state index contributed by atoms with van der Waals surface area (Å²) < 4.78 is 11.5. The van der Waals surface area contributed by atoms with Gasteiger partial charge in [0.1, 0.15) is 11.5 Å². The van der Waals surface area contributed by atoms with Crippen LogP contribution in [0.4, 0.5) is 5.69 Å². The molecule has 3 aliphatic rings. The maximum absolute atomic E-state index is 13.2. The number of hydrogen-bond donors (Lipinski definition) is 0. The highest BCUT2D eigenvalue weighted by molar-refractivity contribution is 6.03. The van der Waals surface area contributed by atoms with Gasteiger partial charge in [0.2, 0.25) is 5.91 Å². The number of rotatable bonds is 5. The summed E-state index contributed by atoms with van der Waals surface area (Å²) >= 11 is 0. The number of esters is 1. The third-order valence-electron chi connectivity index (χ3n) is 5.48. The van der Waals surface area contributed by atoms with Crippen molar-refractivity contribution in [3.8, 4) is 0 Å². The summed E-state index contributed by atoms with van der Waals surface area (Å²) in [6.45, 7) is 4.86. The van der Waals surface area contributed by atoms with E-state index in [1.807, 2.05) is 43.3 Å². The lowest BCUT2D eigenvalue weighted by Crippen LogP contribution is -2.40. The molecule has 25 heavy (non-hydrogen) atoms. The highest BCUT2D eigenvalue weighted by atomic mass is 16.6. The van der Waals surface area contributed by atoms with Crippen molar-refractivity contribution in [2.75, 3.05) is 18.1 Å². The van der Waals surface area contributed by atoms with E-state index < -0.39 is 17.4 Å². The number of para-hydroxylation sites is 1. The smallest absolute Gasteiger partial charge is 0.312 e. The van der Waals surface area contributed by atoms with Gasteiger partial charge >= 0.3 is 5.97 Å². The van der Waals surface area contributed by atoms with Gasteiger partial charge in [-0.15, -0.1) is 0 Å². The van der Waals surface area contributed by atoms with E-state index >= 15 is 0 Å². The number of ether oxygens (including phenoxy) is 2. The van der Waals surface area contributed by atoms with Gasteiger partial charge in [0.25, 0.3) is 0 Å². The number of hydrogen-bond acceptors (Lipinski definition) is 4. The number of carbonyl (C=O) groups excluding carboxylic acids is 2. The van der Waals surface area contributed by atoms with Crippen molar-refractivity contribution in [2.24, 2.45) is 11.8 Å². The Bertz CT molecular complexity index is 743. The molecule has 0 N–H and O–H groups in total. The minimum Gasteiger partial charge on any atom is -0.465 e. The summed E-state index contributed by atoms with van der Waals surface area (Å²) in [5.74, 6) is -1.38. The Morgan fingerprint density at radius 1 is 1.36 bits per heavy atom. The molecule has 3 aliphatic heterocycles. The largest absolute Gasteiger partial charge is 0.465 e.